The van der Waals surface area contributed by atoms with Gasteiger partial charge in [-0.2, -0.15) is 4.31 Å². The molecule has 1 atom stereocenters. The molecule has 30 heavy (non-hydrogen) atoms. The van der Waals surface area contributed by atoms with Gasteiger partial charge >= 0.3 is 0 Å². The topological polar surface area (TPSA) is 63.4 Å². The van der Waals surface area contributed by atoms with Crippen LogP contribution in [0.4, 0.5) is 0 Å². The summed E-state index contributed by atoms with van der Waals surface area (Å²) in [5.41, 5.74) is 4.83. The minimum absolute atomic E-state index is 0.301. The highest BCUT2D eigenvalue weighted by Crippen LogP contribution is 2.38. The van der Waals surface area contributed by atoms with Crippen LogP contribution >= 0.6 is 0 Å². The van der Waals surface area contributed by atoms with Crippen molar-refractivity contribution in [2.45, 2.75) is 30.7 Å². The van der Waals surface area contributed by atoms with Gasteiger partial charge in [0.2, 0.25) is 15.9 Å². The lowest BCUT2D eigenvalue weighted by Crippen LogP contribution is -2.30. The molecule has 1 aliphatic rings. The lowest BCUT2D eigenvalue weighted by Gasteiger charge is -2.21. The standard InChI is InChI=1S/C24H22N2O3S/c1-17-8-5-6-11-20(17)18-13-14-23-21(16-18)25-24(29-23)22-12-7-15-26(22)30(27,28)19-9-3-2-4-10-19/h2-6,8-11,13-14,16,22H,7,12,15H2,1H3. The zero-order chi connectivity index (χ0) is 20.7. The van der Waals surface area contributed by atoms with E-state index < -0.39 is 10.0 Å². The van der Waals surface area contributed by atoms with Gasteiger partial charge < -0.3 is 4.42 Å². The average molecular weight is 419 g/mol. The normalized spacial score (nSPS) is 17.6. The first-order valence-corrected chi connectivity index (χ1v) is 11.5. The van der Waals surface area contributed by atoms with E-state index in [2.05, 4.69) is 19.1 Å². The van der Waals surface area contributed by atoms with Crippen LogP contribution in [0.5, 0.6) is 0 Å². The van der Waals surface area contributed by atoms with Gasteiger partial charge in [-0.3, -0.25) is 0 Å². The molecule has 1 aliphatic heterocycles. The molecule has 0 aliphatic carbocycles. The summed E-state index contributed by atoms with van der Waals surface area (Å²) >= 11 is 0. The average Bonchev–Trinajstić information content (AvgIpc) is 3.41. The highest BCUT2D eigenvalue weighted by Gasteiger charge is 2.38. The first kappa shape index (κ1) is 19.0. The molecule has 0 amide bonds. The Hall–Kier alpha value is -2.96. The van der Waals surface area contributed by atoms with Crippen molar-refractivity contribution in [3.05, 3.63) is 84.3 Å². The molecule has 2 heterocycles. The van der Waals surface area contributed by atoms with Crippen molar-refractivity contribution in [3.8, 4) is 11.1 Å². The van der Waals surface area contributed by atoms with Crippen LogP contribution in [-0.4, -0.2) is 24.3 Å². The number of nitrogens with zero attached hydrogens (tertiary/aromatic N) is 2. The number of aromatic nitrogens is 1. The van der Waals surface area contributed by atoms with Gasteiger partial charge in [0.1, 0.15) is 11.6 Å². The molecule has 1 aromatic heterocycles. The monoisotopic (exact) mass is 418 g/mol. The van der Waals surface area contributed by atoms with Gasteiger partial charge in [0, 0.05) is 6.54 Å². The molecule has 6 heteroatoms. The molecule has 0 bridgehead atoms. The van der Waals surface area contributed by atoms with Crippen LogP contribution in [-0.2, 0) is 10.0 Å². The Kier molecular flexibility index (Phi) is 4.68. The lowest BCUT2D eigenvalue weighted by molar-refractivity contribution is 0.337. The number of fused-ring (bicyclic) bond motifs is 1. The maximum Gasteiger partial charge on any atom is 0.243 e. The number of benzene rings is 3. The molecule has 5 rings (SSSR count). The number of oxazole rings is 1. The van der Waals surface area contributed by atoms with E-state index in [-0.39, 0.29) is 6.04 Å². The van der Waals surface area contributed by atoms with Gasteiger partial charge in [-0.1, -0.05) is 48.5 Å². The van der Waals surface area contributed by atoms with E-state index in [0.29, 0.717) is 29.3 Å². The lowest BCUT2D eigenvalue weighted by atomic mass is 10.0. The zero-order valence-electron chi connectivity index (χ0n) is 16.7. The van der Waals surface area contributed by atoms with Crippen molar-refractivity contribution in [2.75, 3.05) is 6.54 Å². The Morgan fingerprint density at radius 1 is 1.00 bits per heavy atom. The molecule has 3 aromatic carbocycles. The van der Waals surface area contributed by atoms with Crippen LogP contribution in [0.2, 0.25) is 0 Å². The van der Waals surface area contributed by atoms with E-state index >= 15 is 0 Å². The fourth-order valence-electron chi connectivity index (χ4n) is 4.15. The van der Waals surface area contributed by atoms with Gasteiger partial charge in [0.05, 0.1) is 4.90 Å². The molecule has 1 fully saturated rings. The van der Waals surface area contributed by atoms with Gasteiger partial charge in [0.15, 0.2) is 5.58 Å². The first-order chi connectivity index (χ1) is 14.5. The van der Waals surface area contributed by atoms with Crippen LogP contribution in [0.25, 0.3) is 22.2 Å². The van der Waals surface area contributed by atoms with Crippen LogP contribution in [0, 0.1) is 6.92 Å². The maximum absolute atomic E-state index is 13.2. The molecule has 0 N–H and O–H groups in total. The Balaban J connectivity index is 1.52. The zero-order valence-corrected chi connectivity index (χ0v) is 17.5. The van der Waals surface area contributed by atoms with E-state index in [1.807, 2.05) is 36.4 Å². The third-order valence-corrected chi connectivity index (χ3v) is 7.62. The van der Waals surface area contributed by atoms with Crippen molar-refractivity contribution in [1.29, 1.82) is 0 Å². The van der Waals surface area contributed by atoms with Gasteiger partial charge in [-0.25, -0.2) is 13.4 Å². The highest BCUT2D eigenvalue weighted by molar-refractivity contribution is 7.89. The predicted octanol–water partition coefficient (Wildman–Crippen LogP) is 5.33. The number of sulfonamides is 1. The van der Waals surface area contributed by atoms with E-state index in [9.17, 15) is 8.42 Å². The Morgan fingerprint density at radius 3 is 2.57 bits per heavy atom. The van der Waals surface area contributed by atoms with Crippen LogP contribution < -0.4 is 0 Å². The number of hydrogen-bond donors (Lipinski definition) is 0. The minimum atomic E-state index is -3.60. The van der Waals surface area contributed by atoms with Crippen molar-refractivity contribution in [1.82, 2.24) is 9.29 Å². The van der Waals surface area contributed by atoms with Crippen molar-refractivity contribution >= 4 is 21.1 Å². The van der Waals surface area contributed by atoms with E-state index in [1.165, 1.54) is 9.87 Å². The summed E-state index contributed by atoms with van der Waals surface area (Å²) in [4.78, 5) is 5.00. The van der Waals surface area contributed by atoms with Crippen LogP contribution in [0.15, 0.2) is 82.1 Å². The molecule has 1 unspecified atom stereocenters. The molecular formula is C24H22N2O3S. The Labute approximate surface area is 176 Å². The molecule has 4 aromatic rings. The van der Waals surface area contributed by atoms with Crippen molar-refractivity contribution < 1.29 is 12.8 Å². The highest BCUT2D eigenvalue weighted by atomic mass is 32.2. The van der Waals surface area contributed by atoms with Crippen LogP contribution in [0.3, 0.4) is 0 Å². The summed E-state index contributed by atoms with van der Waals surface area (Å²) in [5.74, 6) is 0.462. The molecule has 152 valence electrons. The molecule has 0 saturated carbocycles. The van der Waals surface area contributed by atoms with Gasteiger partial charge in [-0.05, 0) is 60.7 Å². The second-order valence-corrected chi connectivity index (χ2v) is 9.53. The Bertz CT molecular complexity index is 1310. The second-order valence-electron chi connectivity index (χ2n) is 7.64. The van der Waals surface area contributed by atoms with Crippen molar-refractivity contribution in [2.24, 2.45) is 0 Å². The van der Waals surface area contributed by atoms with E-state index in [4.69, 9.17) is 9.40 Å². The maximum atomic E-state index is 13.2. The molecule has 0 radical (unpaired) electrons. The predicted molar refractivity (Wildman–Crippen MR) is 116 cm³/mol. The SMILES string of the molecule is Cc1ccccc1-c1ccc2oc(C3CCCN3S(=O)(=O)c3ccccc3)nc2c1. The largest absolute Gasteiger partial charge is 0.439 e. The Morgan fingerprint density at radius 2 is 1.77 bits per heavy atom. The third kappa shape index (κ3) is 3.22. The first-order valence-electron chi connectivity index (χ1n) is 10.1. The fraction of sp³-hybridized carbons (Fsp3) is 0.208. The third-order valence-electron chi connectivity index (χ3n) is 5.70. The smallest absolute Gasteiger partial charge is 0.243 e. The van der Waals surface area contributed by atoms with Gasteiger partial charge in [0.25, 0.3) is 0 Å². The number of aryl methyl sites for hydroxylation is 1. The van der Waals surface area contributed by atoms with E-state index in [1.54, 1.807) is 24.3 Å². The molecule has 5 nitrogen and oxygen atoms in total. The summed E-state index contributed by atoms with van der Waals surface area (Å²) < 4.78 is 33.9. The fourth-order valence-corrected chi connectivity index (χ4v) is 5.83. The minimum Gasteiger partial charge on any atom is -0.439 e. The van der Waals surface area contributed by atoms with Gasteiger partial charge in [-0.15, -0.1) is 0 Å². The summed E-state index contributed by atoms with van der Waals surface area (Å²) in [6, 6.07) is 22.3. The van der Waals surface area contributed by atoms with Crippen molar-refractivity contribution in [3.63, 3.8) is 0 Å². The van der Waals surface area contributed by atoms with Crippen LogP contribution in [0.1, 0.15) is 30.3 Å². The quantitative estimate of drug-likeness (QED) is 0.449. The molecule has 1 saturated heterocycles. The number of hydrogen-bond acceptors (Lipinski definition) is 4. The summed E-state index contributed by atoms with van der Waals surface area (Å²) in [5, 5.41) is 0. The molecule has 0 spiro atoms. The number of rotatable bonds is 4. The molecular weight excluding hydrogens is 396 g/mol. The summed E-state index contributed by atoms with van der Waals surface area (Å²) in [6.45, 7) is 2.55. The summed E-state index contributed by atoms with van der Waals surface area (Å²) in [6.07, 6.45) is 1.48. The summed E-state index contributed by atoms with van der Waals surface area (Å²) in [7, 11) is -3.60. The second kappa shape index (κ2) is 7.38. The van der Waals surface area contributed by atoms with E-state index in [0.717, 1.165) is 23.1 Å².